The van der Waals surface area contributed by atoms with E-state index in [-0.39, 0.29) is 0 Å². The molecule has 3 aromatic rings. The van der Waals surface area contributed by atoms with Crippen LogP contribution >= 0.6 is 0 Å². The van der Waals surface area contributed by atoms with Gasteiger partial charge in [-0.15, -0.1) is 0 Å². The Kier molecular flexibility index (Phi) is 4.47. The molecule has 1 aliphatic rings. The maximum atomic E-state index is 12.1. The molecule has 1 fully saturated rings. The van der Waals surface area contributed by atoms with Crippen molar-refractivity contribution in [2.75, 3.05) is 0 Å². The second-order valence-corrected chi connectivity index (χ2v) is 7.11. The van der Waals surface area contributed by atoms with Crippen LogP contribution in [-0.4, -0.2) is 26.7 Å². The van der Waals surface area contributed by atoms with E-state index in [4.69, 9.17) is 0 Å². The summed E-state index contributed by atoms with van der Waals surface area (Å²) in [4.78, 5) is 16.3. The van der Waals surface area contributed by atoms with Gasteiger partial charge in [0, 0.05) is 36.3 Å². The van der Waals surface area contributed by atoms with E-state index < -0.39 is 5.97 Å². The molecule has 4 rings (SSSR count). The number of aryl methyl sites for hydroxylation is 1. The van der Waals surface area contributed by atoms with Gasteiger partial charge in [0.15, 0.2) is 0 Å². The standard InChI is InChI=1S/C21H23N3O2/c1-14-5-7-15(8-6-14)13-24-19-12-22-10-9-17(19)18(20(24)21(25)26)11-23-16-3-2-4-16/h5-10,12,16,23H,2-4,11,13H2,1H3,(H,25,26). The number of carboxylic acids is 1. The molecule has 1 aromatic carbocycles. The van der Waals surface area contributed by atoms with Gasteiger partial charge in [0.25, 0.3) is 0 Å². The van der Waals surface area contributed by atoms with Crippen LogP contribution in [0.1, 0.15) is 46.4 Å². The fourth-order valence-corrected chi connectivity index (χ4v) is 3.59. The number of pyridine rings is 1. The molecule has 2 N–H and O–H groups in total. The normalized spacial score (nSPS) is 14.5. The van der Waals surface area contributed by atoms with E-state index >= 15 is 0 Å². The largest absolute Gasteiger partial charge is 0.477 e. The van der Waals surface area contributed by atoms with Crippen molar-refractivity contribution in [1.82, 2.24) is 14.9 Å². The summed E-state index contributed by atoms with van der Waals surface area (Å²) in [5, 5.41) is 14.4. The first kappa shape index (κ1) is 16.8. The van der Waals surface area contributed by atoms with Crippen molar-refractivity contribution in [3.63, 3.8) is 0 Å². The zero-order valence-electron chi connectivity index (χ0n) is 14.9. The zero-order valence-corrected chi connectivity index (χ0v) is 14.9. The number of rotatable bonds is 6. The van der Waals surface area contributed by atoms with Crippen LogP contribution < -0.4 is 5.32 Å². The molecule has 0 bridgehead atoms. The summed E-state index contributed by atoms with van der Waals surface area (Å²) in [6.07, 6.45) is 7.10. The lowest BCUT2D eigenvalue weighted by Crippen LogP contribution is -2.34. The summed E-state index contributed by atoms with van der Waals surface area (Å²) >= 11 is 0. The highest BCUT2D eigenvalue weighted by Gasteiger charge is 2.24. The van der Waals surface area contributed by atoms with E-state index in [0.717, 1.165) is 22.0 Å². The van der Waals surface area contributed by atoms with Crippen molar-refractivity contribution in [3.8, 4) is 0 Å². The first-order valence-corrected chi connectivity index (χ1v) is 9.11. The third kappa shape index (κ3) is 3.10. The monoisotopic (exact) mass is 349 g/mol. The molecular formula is C21H23N3O2. The number of hydrogen-bond acceptors (Lipinski definition) is 3. The first-order chi connectivity index (χ1) is 12.6. The molecule has 0 radical (unpaired) electrons. The Morgan fingerprint density at radius 3 is 2.69 bits per heavy atom. The van der Waals surface area contributed by atoms with Crippen LogP contribution in [0, 0.1) is 6.92 Å². The summed E-state index contributed by atoms with van der Waals surface area (Å²) < 4.78 is 1.88. The summed E-state index contributed by atoms with van der Waals surface area (Å²) in [7, 11) is 0. The minimum atomic E-state index is -0.890. The zero-order chi connectivity index (χ0) is 18.1. The minimum absolute atomic E-state index is 0.361. The van der Waals surface area contributed by atoms with Crippen LogP contribution in [0.3, 0.4) is 0 Å². The lowest BCUT2D eigenvalue weighted by molar-refractivity contribution is 0.0684. The van der Waals surface area contributed by atoms with Crippen LogP contribution in [0.15, 0.2) is 42.7 Å². The van der Waals surface area contributed by atoms with E-state index in [1.807, 2.05) is 17.6 Å². The average Bonchev–Trinajstić information content (AvgIpc) is 2.90. The number of carbonyl (C=O) groups is 1. The Morgan fingerprint density at radius 1 is 1.27 bits per heavy atom. The average molecular weight is 349 g/mol. The molecule has 134 valence electrons. The van der Waals surface area contributed by atoms with E-state index in [2.05, 4.69) is 34.6 Å². The predicted molar refractivity (Wildman–Crippen MR) is 101 cm³/mol. The number of aromatic carboxylic acids is 1. The third-order valence-electron chi connectivity index (χ3n) is 5.31. The maximum Gasteiger partial charge on any atom is 0.352 e. The summed E-state index contributed by atoms with van der Waals surface area (Å²) in [6.45, 7) is 3.15. The predicted octanol–water partition coefficient (Wildman–Crippen LogP) is 3.73. The van der Waals surface area contributed by atoms with Gasteiger partial charge in [0.05, 0.1) is 11.7 Å². The number of aromatic nitrogens is 2. The van der Waals surface area contributed by atoms with E-state index in [1.165, 1.54) is 24.8 Å². The number of nitrogens with one attached hydrogen (secondary N) is 1. The molecule has 2 aromatic heterocycles. The molecule has 1 saturated carbocycles. The van der Waals surface area contributed by atoms with Crippen LogP contribution in [-0.2, 0) is 13.1 Å². The topological polar surface area (TPSA) is 67.2 Å². The van der Waals surface area contributed by atoms with Crippen molar-refractivity contribution < 1.29 is 9.90 Å². The minimum Gasteiger partial charge on any atom is -0.477 e. The fourth-order valence-electron chi connectivity index (χ4n) is 3.59. The van der Waals surface area contributed by atoms with Crippen molar-refractivity contribution in [2.24, 2.45) is 0 Å². The molecule has 0 amide bonds. The molecule has 0 unspecified atom stereocenters. The summed E-state index contributed by atoms with van der Waals surface area (Å²) in [6, 6.07) is 10.6. The Balaban J connectivity index is 1.78. The molecule has 5 nitrogen and oxygen atoms in total. The number of fused-ring (bicyclic) bond motifs is 1. The Labute approximate surface area is 152 Å². The van der Waals surface area contributed by atoms with Crippen molar-refractivity contribution >= 4 is 16.9 Å². The molecular weight excluding hydrogens is 326 g/mol. The van der Waals surface area contributed by atoms with Crippen LogP contribution in [0.4, 0.5) is 0 Å². The van der Waals surface area contributed by atoms with Gasteiger partial charge in [-0.1, -0.05) is 36.2 Å². The third-order valence-corrected chi connectivity index (χ3v) is 5.31. The fraction of sp³-hybridized carbons (Fsp3) is 0.333. The molecule has 0 spiro atoms. The van der Waals surface area contributed by atoms with Crippen LogP contribution in [0.5, 0.6) is 0 Å². The van der Waals surface area contributed by atoms with Gasteiger partial charge in [0.1, 0.15) is 5.69 Å². The molecule has 0 saturated heterocycles. The highest BCUT2D eigenvalue weighted by atomic mass is 16.4. The summed E-state index contributed by atoms with van der Waals surface area (Å²) in [5.74, 6) is -0.890. The van der Waals surface area contributed by atoms with Crippen LogP contribution in [0.25, 0.3) is 10.9 Å². The molecule has 5 heteroatoms. The smallest absolute Gasteiger partial charge is 0.352 e. The Bertz CT molecular complexity index is 940. The number of benzene rings is 1. The van der Waals surface area contributed by atoms with Gasteiger partial charge in [-0.25, -0.2) is 4.79 Å². The first-order valence-electron chi connectivity index (χ1n) is 9.11. The number of nitrogens with zero attached hydrogens (tertiary/aromatic N) is 2. The second-order valence-electron chi connectivity index (χ2n) is 7.11. The lowest BCUT2D eigenvalue weighted by Gasteiger charge is -2.26. The van der Waals surface area contributed by atoms with Crippen LogP contribution in [0.2, 0.25) is 0 Å². The molecule has 0 aliphatic heterocycles. The molecule has 1 aliphatic carbocycles. The van der Waals surface area contributed by atoms with Gasteiger partial charge in [-0.3, -0.25) is 4.98 Å². The molecule has 0 atom stereocenters. The number of carboxylic acid groups (broad SMARTS) is 1. The lowest BCUT2D eigenvalue weighted by atomic mass is 9.93. The van der Waals surface area contributed by atoms with Gasteiger partial charge in [0.2, 0.25) is 0 Å². The summed E-state index contributed by atoms with van der Waals surface area (Å²) in [5.41, 5.74) is 4.36. The van der Waals surface area contributed by atoms with Crippen molar-refractivity contribution in [2.45, 2.75) is 45.3 Å². The van der Waals surface area contributed by atoms with Crippen molar-refractivity contribution in [3.05, 3.63) is 65.1 Å². The maximum absolute atomic E-state index is 12.1. The second kappa shape index (κ2) is 6.92. The van der Waals surface area contributed by atoms with Crippen molar-refractivity contribution in [1.29, 1.82) is 0 Å². The van der Waals surface area contributed by atoms with E-state index in [1.54, 1.807) is 12.4 Å². The quantitative estimate of drug-likeness (QED) is 0.711. The van der Waals surface area contributed by atoms with E-state index in [9.17, 15) is 9.90 Å². The van der Waals surface area contributed by atoms with Gasteiger partial charge >= 0.3 is 5.97 Å². The molecule has 2 heterocycles. The van der Waals surface area contributed by atoms with E-state index in [0.29, 0.717) is 24.8 Å². The Hall–Kier alpha value is -2.66. The highest BCUT2D eigenvalue weighted by molar-refractivity contribution is 5.98. The Morgan fingerprint density at radius 2 is 2.04 bits per heavy atom. The van der Waals surface area contributed by atoms with Gasteiger partial charge in [-0.05, 0) is 31.4 Å². The van der Waals surface area contributed by atoms with Gasteiger partial charge in [-0.2, -0.15) is 0 Å². The molecule has 26 heavy (non-hydrogen) atoms. The van der Waals surface area contributed by atoms with Gasteiger partial charge < -0.3 is 15.0 Å². The SMILES string of the molecule is Cc1ccc(Cn2c(C(=O)O)c(CNC3CCC3)c3ccncc32)cc1. The highest BCUT2D eigenvalue weighted by Crippen LogP contribution is 2.28. The number of hydrogen-bond donors (Lipinski definition) is 2.